The van der Waals surface area contributed by atoms with Crippen molar-refractivity contribution >= 4 is 5.69 Å². The highest BCUT2D eigenvalue weighted by molar-refractivity contribution is 5.35. The van der Waals surface area contributed by atoms with Crippen LogP contribution in [0.4, 0.5) is 5.69 Å². The second-order valence-corrected chi connectivity index (χ2v) is 4.82. The minimum absolute atomic E-state index is 0.0265. The molecule has 0 amide bonds. The highest BCUT2D eigenvalue weighted by Gasteiger charge is 2.15. The number of aliphatic hydroxyl groups excluding tert-OH is 1. The third-order valence-corrected chi connectivity index (χ3v) is 3.53. The van der Waals surface area contributed by atoms with Gasteiger partial charge in [0.1, 0.15) is 0 Å². The Morgan fingerprint density at radius 1 is 1.33 bits per heavy atom. The number of aryl methyl sites for hydroxylation is 1. The molecule has 6 nitrogen and oxygen atoms in total. The summed E-state index contributed by atoms with van der Waals surface area (Å²) >= 11 is 0. The number of aromatic nitrogens is 2. The van der Waals surface area contributed by atoms with Gasteiger partial charge in [-0.25, -0.2) is 0 Å². The van der Waals surface area contributed by atoms with Crippen LogP contribution in [0.5, 0.6) is 0 Å². The number of benzene rings is 1. The molecule has 0 aliphatic carbocycles. The molecule has 112 valence electrons. The van der Waals surface area contributed by atoms with Crippen LogP contribution in [0.3, 0.4) is 0 Å². The molecule has 1 aromatic carbocycles. The quantitative estimate of drug-likeness (QED) is 0.654. The first-order valence-electron chi connectivity index (χ1n) is 7.02. The fourth-order valence-corrected chi connectivity index (χ4v) is 2.52. The minimum atomic E-state index is -0.399. The standard InChI is InChI=1S/C15H19N3O3/c1-3-14-13(10-19)15(4-2)17(16-14)9-11-6-5-7-12(8-11)18(20)21/h5-8,19H,3-4,9-10H2,1-2H3. The Hall–Kier alpha value is -2.21. The molecule has 0 saturated heterocycles. The maximum atomic E-state index is 10.8. The first-order valence-corrected chi connectivity index (χ1v) is 7.02. The Bertz CT molecular complexity index is 650. The van der Waals surface area contributed by atoms with Crippen LogP contribution in [0.25, 0.3) is 0 Å². The molecule has 2 aromatic rings. The third kappa shape index (κ3) is 3.11. The summed E-state index contributed by atoms with van der Waals surface area (Å²) in [7, 11) is 0. The van der Waals surface area contributed by atoms with Crippen LogP contribution >= 0.6 is 0 Å². The van der Waals surface area contributed by atoms with Gasteiger partial charge in [0.25, 0.3) is 5.69 Å². The largest absolute Gasteiger partial charge is 0.392 e. The number of nitro groups is 1. The van der Waals surface area contributed by atoms with E-state index in [1.807, 2.05) is 24.6 Å². The lowest BCUT2D eigenvalue weighted by Crippen LogP contribution is -2.07. The van der Waals surface area contributed by atoms with Gasteiger partial charge in [-0.3, -0.25) is 14.8 Å². The van der Waals surface area contributed by atoms with E-state index in [1.165, 1.54) is 6.07 Å². The molecule has 1 heterocycles. The van der Waals surface area contributed by atoms with Crippen LogP contribution in [-0.2, 0) is 26.0 Å². The molecule has 0 bridgehead atoms. The molecule has 0 aliphatic rings. The molecule has 0 saturated carbocycles. The second-order valence-electron chi connectivity index (χ2n) is 4.82. The first-order chi connectivity index (χ1) is 10.1. The van der Waals surface area contributed by atoms with Crippen LogP contribution in [0, 0.1) is 10.1 Å². The summed E-state index contributed by atoms with van der Waals surface area (Å²) in [6, 6.07) is 6.56. The molecular weight excluding hydrogens is 270 g/mol. The van der Waals surface area contributed by atoms with Crippen LogP contribution in [-0.4, -0.2) is 19.8 Å². The van der Waals surface area contributed by atoms with Crippen molar-refractivity contribution in [3.05, 3.63) is 56.9 Å². The van der Waals surface area contributed by atoms with E-state index in [-0.39, 0.29) is 12.3 Å². The Balaban J connectivity index is 2.37. The summed E-state index contributed by atoms with van der Waals surface area (Å²) in [5, 5.41) is 24.9. The summed E-state index contributed by atoms with van der Waals surface area (Å²) in [4.78, 5) is 10.4. The lowest BCUT2D eigenvalue weighted by Gasteiger charge is -2.07. The topological polar surface area (TPSA) is 81.2 Å². The van der Waals surface area contributed by atoms with Crippen molar-refractivity contribution in [3.8, 4) is 0 Å². The van der Waals surface area contributed by atoms with E-state index >= 15 is 0 Å². The summed E-state index contributed by atoms with van der Waals surface area (Å²) < 4.78 is 1.84. The van der Waals surface area contributed by atoms with E-state index in [1.54, 1.807) is 12.1 Å². The summed E-state index contributed by atoms with van der Waals surface area (Å²) in [5.74, 6) is 0. The van der Waals surface area contributed by atoms with Gasteiger partial charge in [0.15, 0.2) is 0 Å². The molecule has 2 rings (SSSR count). The number of rotatable bonds is 6. The van der Waals surface area contributed by atoms with E-state index < -0.39 is 4.92 Å². The van der Waals surface area contributed by atoms with Gasteiger partial charge in [-0.1, -0.05) is 26.0 Å². The molecule has 0 unspecified atom stereocenters. The molecule has 0 fully saturated rings. The fourth-order valence-electron chi connectivity index (χ4n) is 2.52. The predicted molar refractivity (Wildman–Crippen MR) is 79.1 cm³/mol. The van der Waals surface area contributed by atoms with Crippen molar-refractivity contribution in [1.29, 1.82) is 0 Å². The normalized spacial score (nSPS) is 10.8. The number of hydrogen-bond donors (Lipinski definition) is 1. The van der Waals surface area contributed by atoms with E-state index in [0.717, 1.165) is 35.4 Å². The van der Waals surface area contributed by atoms with E-state index in [0.29, 0.717) is 6.54 Å². The van der Waals surface area contributed by atoms with Crippen molar-refractivity contribution in [3.63, 3.8) is 0 Å². The number of nitrogens with zero attached hydrogens (tertiary/aromatic N) is 3. The van der Waals surface area contributed by atoms with Crippen molar-refractivity contribution in [2.75, 3.05) is 0 Å². The Kier molecular flexibility index (Phi) is 4.70. The van der Waals surface area contributed by atoms with E-state index in [9.17, 15) is 15.2 Å². The van der Waals surface area contributed by atoms with Gasteiger partial charge in [-0.2, -0.15) is 5.10 Å². The van der Waals surface area contributed by atoms with Crippen LogP contribution in [0.1, 0.15) is 36.4 Å². The summed E-state index contributed by atoms with van der Waals surface area (Å²) in [5.41, 5.74) is 3.66. The highest BCUT2D eigenvalue weighted by Crippen LogP contribution is 2.19. The zero-order chi connectivity index (χ0) is 15.4. The smallest absolute Gasteiger partial charge is 0.269 e. The van der Waals surface area contributed by atoms with Crippen LogP contribution < -0.4 is 0 Å². The number of non-ortho nitro benzene ring substituents is 1. The molecule has 6 heteroatoms. The molecule has 0 spiro atoms. The highest BCUT2D eigenvalue weighted by atomic mass is 16.6. The zero-order valence-electron chi connectivity index (χ0n) is 12.2. The van der Waals surface area contributed by atoms with Crippen molar-refractivity contribution in [2.45, 2.75) is 39.8 Å². The molecule has 1 N–H and O–H groups in total. The average molecular weight is 289 g/mol. The number of hydrogen-bond acceptors (Lipinski definition) is 4. The Morgan fingerprint density at radius 3 is 2.67 bits per heavy atom. The molecule has 0 atom stereocenters. The maximum Gasteiger partial charge on any atom is 0.269 e. The van der Waals surface area contributed by atoms with Gasteiger partial charge >= 0.3 is 0 Å². The Labute approximate surface area is 123 Å². The Morgan fingerprint density at radius 2 is 2.10 bits per heavy atom. The summed E-state index contributed by atoms with van der Waals surface area (Å²) in [6.45, 7) is 4.46. The number of nitro benzene ring substituents is 1. The van der Waals surface area contributed by atoms with Gasteiger partial charge < -0.3 is 5.11 Å². The molecule has 0 radical (unpaired) electrons. The molecule has 1 aromatic heterocycles. The molecule has 0 aliphatic heterocycles. The van der Waals surface area contributed by atoms with Gasteiger partial charge in [0.2, 0.25) is 0 Å². The monoisotopic (exact) mass is 289 g/mol. The van der Waals surface area contributed by atoms with Crippen molar-refractivity contribution in [2.24, 2.45) is 0 Å². The van der Waals surface area contributed by atoms with Gasteiger partial charge in [-0.15, -0.1) is 0 Å². The SMILES string of the molecule is CCc1nn(Cc2cccc([N+](=O)[O-])c2)c(CC)c1CO. The van der Waals surface area contributed by atoms with Gasteiger partial charge in [0.05, 0.1) is 23.8 Å². The average Bonchev–Trinajstić information content (AvgIpc) is 2.83. The lowest BCUT2D eigenvalue weighted by atomic mass is 10.1. The van der Waals surface area contributed by atoms with Gasteiger partial charge in [0, 0.05) is 23.4 Å². The zero-order valence-corrected chi connectivity index (χ0v) is 12.2. The fraction of sp³-hybridized carbons (Fsp3) is 0.400. The first kappa shape index (κ1) is 15.2. The second kappa shape index (κ2) is 6.49. The predicted octanol–water partition coefficient (Wildman–Crippen LogP) is 2.46. The maximum absolute atomic E-state index is 10.8. The van der Waals surface area contributed by atoms with Crippen molar-refractivity contribution < 1.29 is 10.0 Å². The minimum Gasteiger partial charge on any atom is -0.392 e. The van der Waals surface area contributed by atoms with E-state index in [2.05, 4.69) is 5.10 Å². The van der Waals surface area contributed by atoms with Crippen LogP contribution in [0.15, 0.2) is 24.3 Å². The summed E-state index contributed by atoms with van der Waals surface area (Å²) in [6.07, 6.45) is 1.52. The molecule has 21 heavy (non-hydrogen) atoms. The third-order valence-electron chi connectivity index (χ3n) is 3.53. The van der Waals surface area contributed by atoms with E-state index in [4.69, 9.17) is 0 Å². The van der Waals surface area contributed by atoms with Crippen molar-refractivity contribution in [1.82, 2.24) is 9.78 Å². The lowest BCUT2D eigenvalue weighted by molar-refractivity contribution is -0.384. The number of aliphatic hydroxyl groups is 1. The van der Waals surface area contributed by atoms with Crippen LogP contribution in [0.2, 0.25) is 0 Å². The molecular formula is C15H19N3O3. The van der Waals surface area contributed by atoms with Gasteiger partial charge in [-0.05, 0) is 18.4 Å².